The van der Waals surface area contributed by atoms with Crippen LogP contribution in [0.4, 0.5) is 5.95 Å². The normalized spacial score (nSPS) is 16.0. The average molecular weight is 319 g/mol. The largest absolute Gasteiger partial charge is 0.477 e. The molecule has 1 aliphatic rings. The third kappa shape index (κ3) is 2.41. The molecule has 118 valence electrons. The quantitative estimate of drug-likeness (QED) is 0.769. The maximum absolute atomic E-state index is 11.3. The van der Waals surface area contributed by atoms with Crippen molar-refractivity contribution in [3.63, 3.8) is 0 Å². The van der Waals surface area contributed by atoms with E-state index in [0.717, 1.165) is 16.7 Å². The molecular formula is C17H13N5O2. The predicted octanol–water partition coefficient (Wildman–Crippen LogP) is 2.32. The first-order valence-electron chi connectivity index (χ1n) is 7.38. The second-order valence-corrected chi connectivity index (χ2v) is 5.39. The molecule has 0 aliphatic carbocycles. The van der Waals surface area contributed by atoms with E-state index in [-0.39, 0.29) is 11.7 Å². The summed E-state index contributed by atoms with van der Waals surface area (Å²) in [5.41, 5.74) is 3.19. The SMILES string of the molecule is O=C(O)C1=C[C@@H](c2ccc(-c3ccccc3)cc2)n2nnnc2N1. The van der Waals surface area contributed by atoms with E-state index in [1.54, 1.807) is 10.8 Å². The Bertz CT molecular complexity index is 916. The lowest BCUT2D eigenvalue weighted by Crippen LogP contribution is -2.24. The molecule has 7 nitrogen and oxygen atoms in total. The number of benzene rings is 2. The first-order chi connectivity index (χ1) is 11.7. The highest BCUT2D eigenvalue weighted by molar-refractivity contribution is 5.90. The number of nitrogens with one attached hydrogen (secondary N) is 1. The summed E-state index contributed by atoms with van der Waals surface area (Å²) in [6.45, 7) is 0. The van der Waals surface area contributed by atoms with Crippen LogP contribution in [0.15, 0.2) is 66.4 Å². The van der Waals surface area contributed by atoms with E-state index in [2.05, 4.69) is 20.8 Å². The molecule has 0 saturated heterocycles. The van der Waals surface area contributed by atoms with Crippen LogP contribution in [-0.4, -0.2) is 31.3 Å². The Balaban J connectivity index is 1.72. The molecule has 1 atom stereocenters. The number of carboxylic acid groups (broad SMARTS) is 1. The van der Waals surface area contributed by atoms with Crippen LogP contribution in [0, 0.1) is 0 Å². The smallest absolute Gasteiger partial charge is 0.352 e. The average Bonchev–Trinajstić information content (AvgIpc) is 3.10. The minimum absolute atomic E-state index is 0.0643. The fourth-order valence-electron chi connectivity index (χ4n) is 2.72. The van der Waals surface area contributed by atoms with Gasteiger partial charge in [0.15, 0.2) is 0 Å². The van der Waals surface area contributed by atoms with Crippen LogP contribution in [0.5, 0.6) is 0 Å². The van der Waals surface area contributed by atoms with Gasteiger partial charge in [-0.3, -0.25) is 0 Å². The lowest BCUT2D eigenvalue weighted by atomic mass is 9.99. The molecule has 3 aromatic rings. The Labute approximate surface area is 137 Å². The molecule has 0 radical (unpaired) electrons. The molecule has 2 aromatic carbocycles. The van der Waals surface area contributed by atoms with Crippen molar-refractivity contribution in [2.75, 3.05) is 5.32 Å². The molecule has 0 bridgehead atoms. The highest BCUT2D eigenvalue weighted by atomic mass is 16.4. The van der Waals surface area contributed by atoms with Gasteiger partial charge in [-0.2, -0.15) is 4.68 Å². The Morgan fingerprint density at radius 3 is 2.46 bits per heavy atom. The van der Waals surface area contributed by atoms with E-state index >= 15 is 0 Å². The van der Waals surface area contributed by atoms with Gasteiger partial charge in [0.05, 0.1) is 0 Å². The summed E-state index contributed by atoms with van der Waals surface area (Å²) in [7, 11) is 0. The minimum atomic E-state index is -1.05. The number of aliphatic carboxylic acids is 1. The first-order valence-corrected chi connectivity index (χ1v) is 7.38. The fourth-order valence-corrected chi connectivity index (χ4v) is 2.72. The number of rotatable bonds is 3. The summed E-state index contributed by atoms with van der Waals surface area (Å²) in [5, 5.41) is 23.3. The van der Waals surface area contributed by atoms with E-state index in [0.29, 0.717) is 5.95 Å². The Morgan fingerprint density at radius 2 is 1.75 bits per heavy atom. The van der Waals surface area contributed by atoms with Gasteiger partial charge in [0.1, 0.15) is 11.7 Å². The van der Waals surface area contributed by atoms with Gasteiger partial charge in [-0.05, 0) is 33.2 Å². The van der Waals surface area contributed by atoms with Gasteiger partial charge in [0.2, 0.25) is 5.95 Å². The second-order valence-electron chi connectivity index (χ2n) is 5.39. The molecule has 2 heterocycles. The van der Waals surface area contributed by atoms with E-state index < -0.39 is 5.97 Å². The molecule has 24 heavy (non-hydrogen) atoms. The number of fused-ring (bicyclic) bond motifs is 1. The van der Waals surface area contributed by atoms with Crippen molar-refractivity contribution in [1.29, 1.82) is 0 Å². The van der Waals surface area contributed by atoms with E-state index in [9.17, 15) is 9.90 Å². The third-order valence-corrected chi connectivity index (χ3v) is 3.92. The topological polar surface area (TPSA) is 92.9 Å². The van der Waals surface area contributed by atoms with Crippen LogP contribution in [-0.2, 0) is 4.79 Å². The minimum Gasteiger partial charge on any atom is -0.477 e. The summed E-state index contributed by atoms with van der Waals surface area (Å²) >= 11 is 0. The van der Waals surface area contributed by atoms with Gasteiger partial charge >= 0.3 is 5.97 Å². The molecule has 7 heteroatoms. The summed E-state index contributed by atoms with van der Waals surface area (Å²) in [6, 6.07) is 17.6. The molecule has 0 fully saturated rings. The number of nitrogens with zero attached hydrogens (tertiary/aromatic N) is 4. The van der Waals surface area contributed by atoms with Gasteiger partial charge in [-0.25, -0.2) is 4.79 Å². The Kier molecular flexibility index (Phi) is 3.31. The maximum atomic E-state index is 11.3. The van der Waals surface area contributed by atoms with Crippen molar-refractivity contribution in [3.8, 4) is 11.1 Å². The molecule has 1 aliphatic heterocycles. The monoisotopic (exact) mass is 319 g/mol. The van der Waals surface area contributed by atoms with E-state index in [1.807, 2.05) is 54.6 Å². The maximum Gasteiger partial charge on any atom is 0.352 e. The first kappa shape index (κ1) is 14.1. The molecular weight excluding hydrogens is 306 g/mol. The van der Waals surface area contributed by atoms with Crippen LogP contribution in [0.1, 0.15) is 11.6 Å². The van der Waals surface area contributed by atoms with Crippen LogP contribution < -0.4 is 5.32 Å². The van der Waals surface area contributed by atoms with E-state index in [4.69, 9.17) is 0 Å². The number of hydrogen-bond acceptors (Lipinski definition) is 5. The zero-order valence-corrected chi connectivity index (χ0v) is 12.5. The lowest BCUT2D eigenvalue weighted by Gasteiger charge is -2.21. The second kappa shape index (κ2) is 5.62. The third-order valence-electron chi connectivity index (χ3n) is 3.92. The van der Waals surface area contributed by atoms with Gasteiger partial charge < -0.3 is 10.4 Å². The highest BCUT2D eigenvalue weighted by Crippen LogP contribution is 2.29. The van der Waals surface area contributed by atoms with E-state index in [1.165, 1.54) is 0 Å². The van der Waals surface area contributed by atoms with Gasteiger partial charge in [0.25, 0.3) is 0 Å². The van der Waals surface area contributed by atoms with Crippen molar-refractivity contribution in [1.82, 2.24) is 20.2 Å². The summed E-state index contributed by atoms with van der Waals surface area (Å²) in [4.78, 5) is 11.3. The molecule has 0 unspecified atom stereocenters. The number of hydrogen-bond donors (Lipinski definition) is 2. The van der Waals surface area contributed by atoms with Gasteiger partial charge in [-0.1, -0.05) is 59.7 Å². The molecule has 1 aromatic heterocycles. The molecule has 2 N–H and O–H groups in total. The Morgan fingerprint density at radius 1 is 1.04 bits per heavy atom. The Hall–Kier alpha value is -3.48. The van der Waals surface area contributed by atoms with Crippen molar-refractivity contribution < 1.29 is 9.90 Å². The number of anilines is 1. The highest BCUT2D eigenvalue weighted by Gasteiger charge is 2.26. The number of aromatic nitrogens is 4. The fraction of sp³-hybridized carbons (Fsp3) is 0.0588. The number of carboxylic acids is 1. The molecule has 0 amide bonds. The van der Waals surface area contributed by atoms with Crippen LogP contribution >= 0.6 is 0 Å². The zero-order chi connectivity index (χ0) is 16.5. The van der Waals surface area contributed by atoms with Gasteiger partial charge in [0, 0.05) is 0 Å². The molecule has 0 spiro atoms. The molecule has 0 saturated carbocycles. The number of tetrazole rings is 1. The van der Waals surface area contributed by atoms with Crippen molar-refractivity contribution in [2.45, 2.75) is 6.04 Å². The van der Waals surface area contributed by atoms with Crippen LogP contribution in [0.3, 0.4) is 0 Å². The van der Waals surface area contributed by atoms with Crippen molar-refractivity contribution >= 4 is 11.9 Å². The van der Waals surface area contributed by atoms with Crippen molar-refractivity contribution in [3.05, 3.63) is 71.9 Å². The summed E-state index contributed by atoms with van der Waals surface area (Å²) in [6.07, 6.45) is 1.60. The van der Waals surface area contributed by atoms with Crippen LogP contribution in [0.2, 0.25) is 0 Å². The lowest BCUT2D eigenvalue weighted by molar-refractivity contribution is -0.132. The standard InChI is InChI=1S/C17H13N5O2/c23-16(24)14-10-15(22-17(18-14)19-20-21-22)13-8-6-12(7-9-13)11-4-2-1-3-5-11/h1-10,15H,(H,23,24)(H,18,19,21)/t15-/m0/s1. The zero-order valence-electron chi connectivity index (χ0n) is 12.5. The van der Waals surface area contributed by atoms with Crippen LogP contribution in [0.25, 0.3) is 11.1 Å². The van der Waals surface area contributed by atoms with Gasteiger partial charge in [-0.15, -0.1) is 0 Å². The summed E-state index contributed by atoms with van der Waals surface area (Å²) in [5.74, 6) is -0.734. The van der Waals surface area contributed by atoms with Crippen molar-refractivity contribution in [2.24, 2.45) is 0 Å². The number of carbonyl (C=O) groups is 1. The summed E-state index contributed by atoms with van der Waals surface area (Å²) < 4.78 is 1.56. The molecule has 4 rings (SSSR count). The predicted molar refractivity (Wildman–Crippen MR) is 87.2 cm³/mol. The number of allylic oxidation sites excluding steroid dienone is 1.